The van der Waals surface area contributed by atoms with Gasteiger partial charge in [0.05, 0.1) is 6.26 Å². The molecule has 0 aromatic heterocycles. The van der Waals surface area contributed by atoms with E-state index in [-0.39, 0.29) is 6.04 Å². The van der Waals surface area contributed by atoms with E-state index in [4.69, 9.17) is 0 Å². The smallest absolute Gasteiger partial charge is 0.211 e. The molecule has 0 N–H and O–H groups in total. The third kappa shape index (κ3) is 2.71. The maximum atomic E-state index is 11.5. The van der Waals surface area contributed by atoms with Crippen molar-refractivity contribution in [3.8, 4) is 0 Å². The van der Waals surface area contributed by atoms with Gasteiger partial charge in [0.2, 0.25) is 10.0 Å². The Morgan fingerprint density at radius 2 is 1.80 bits per heavy atom. The summed E-state index contributed by atoms with van der Waals surface area (Å²) in [7, 11) is -2.99. The lowest BCUT2D eigenvalue weighted by atomic mass is 10.2. The van der Waals surface area contributed by atoms with Crippen LogP contribution in [-0.2, 0) is 10.0 Å². The van der Waals surface area contributed by atoms with E-state index in [0.29, 0.717) is 0 Å². The van der Waals surface area contributed by atoms with Gasteiger partial charge in [0, 0.05) is 19.1 Å². The van der Waals surface area contributed by atoms with Crippen molar-refractivity contribution in [1.82, 2.24) is 9.21 Å². The molecule has 0 aliphatic carbocycles. The summed E-state index contributed by atoms with van der Waals surface area (Å²) in [6.07, 6.45) is 5.92. The number of hydrogen-bond donors (Lipinski definition) is 0. The number of sulfonamides is 1. The number of likely N-dealkylation sites (tertiary alicyclic amines) is 1. The molecule has 5 heteroatoms. The van der Waals surface area contributed by atoms with Crippen LogP contribution in [0.2, 0.25) is 0 Å². The lowest BCUT2D eigenvalue weighted by Gasteiger charge is -2.26. The minimum atomic E-state index is -2.99. The zero-order chi connectivity index (χ0) is 10.9. The predicted molar refractivity (Wildman–Crippen MR) is 60.2 cm³/mol. The van der Waals surface area contributed by atoms with Crippen molar-refractivity contribution in [3.05, 3.63) is 0 Å². The Morgan fingerprint density at radius 3 is 2.40 bits per heavy atom. The molecule has 0 radical (unpaired) electrons. The average molecular weight is 232 g/mol. The van der Waals surface area contributed by atoms with E-state index in [1.165, 1.54) is 19.1 Å². The van der Waals surface area contributed by atoms with E-state index in [2.05, 4.69) is 4.90 Å². The third-order valence-corrected chi connectivity index (χ3v) is 4.75. The second-order valence-corrected chi connectivity index (χ2v) is 6.61. The average Bonchev–Trinajstić information content (AvgIpc) is 2.73. The molecular weight excluding hydrogens is 212 g/mol. The van der Waals surface area contributed by atoms with Gasteiger partial charge in [-0.3, -0.25) is 0 Å². The van der Waals surface area contributed by atoms with E-state index in [9.17, 15) is 8.42 Å². The highest BCUT2D eigenvalue weighted by molar-refractivity contribution is 7.88. The monoisotopic (exact) mass is 232 g/mol. The first kappa shape index (κ1) is 11.4. The van der Waals surface area contributed by atoms with Gasteiger partial charge in [-0.1, -0.05) is 0 Å². The zero-order valence-electron chi connectivity index (χ0n) is 9.35. The summed E-state index contributed by atoms with van der Waals surface area (Å²) in [6.45, 7) is 3.95. The van der Waals surface area contributed by atoms with Gasteiger partial charge in [-0.15, -0.1) is 0 Å². The highest BCUT2D eigenvalue weighted by Crippen LogP contribution is 2.22. The van der Waals surface area contributed by atoms with E-state index in [0.717, 1.165) is 39.0 Å². The summed E-state index contributed by atoms with van der Waals surface area (Å²) in [4.78, 5) is 2.40. The molecule has 0 amide bonds. The van der Waals surface area contributed by atoms with Crippen LogP contribution < -0.4 is 0 Å². The summed E-state index contributed by atoms with van der Waals surface area (Å²) in [5.74, 6) is 0. The van der Waals surface area contributed by atoms with E-state index < -0.39 is 10.0 Å². The molecule has 1 atom stereocenters. The molecule has 2 heterocycles. The quantitative estimate of drug-likeness (QED) is 0.712. The maximum Gasteiger partial charge on any atom is 0.211 e. The molecule has 4 nitrogen and oxygen atoms in total. The topological polar surface area (TPSA) is 40.6 Å². The minimum Gasteiger partial charge on any atom is -0.302 e. The van der Waals surface area contributed by atoms with Gasteiger partial charge in [0.1, 0.15) is 0 Å². The van der Waals surface area contributed by atoms with Crippen LogP contribution in [0.1, 0.15) is 25.7 Å². The fraction of sp³-hybridized carbons (Fsp3) is 1.00. The van der Waals surface area contributed by atoms with Crippen molar-refractivity contribution in [1.29, 1.82) is 0 Å². The molecule has 88 valence electrons. The molecule has 0 saturated carbocycles. The second kappa shape index (κ2) is 4.39. The van der Waals surface area contributed by atoms with Crippen LogP contribution >= 0.6 is 0 Å². The fourth-order valence-electron chi connectivity index (χ4n) is 2.69. The van der Waals surface area contributed by atoms with Gasteiger partial charge < -0.3 is 4.90 Å². The lowest BCUT2D eigenvalue weighted by Crippen LogP contribution is -2.41. The molecule has 0 aromatic rings. The molecule has 2 fully saturated rings. The molecule has 2 saturated heterocycles. The Bertz CT molecular complexity index is 309. The standard InChI is InChI=1S/C10H20N2O2S/c1-15(13,14)12-8-4-5-10(12)9-11-6-2-3-7-11/h10H,2-9H2,1H3. The third-order valence-electron chi connectivity index (χ3n) is 3.42. The summed E-state index contributed by atoms with van der Waals surface area (Å²) >= 11 is 0. The van der Waals surface area contributed by atoms with Gasteiger partial charge in [-0.25, -0.2) is 8.42 Å². The van der Waals surface area contributed by atoms with Crippen molar-refractivity contribution < 1.29 is 8.42 Å². The van der Waals surface area contributed by atoms with Crippen molar-refractivity contribution >= 4 is 10.0 Å². The summed E-state index contributed by atoms with van der Waals surface area (Å²) in [6, 6.07) is 0.234. The summed E-state index contributed by atoms with van der Waals surface area (Å²) < 4.78 is 24.7. The first-order chi connectivity index (χ1) is 7.07. The molecular formula is C10H20N2O2S. The Balaban J connectivity index is 1.95. The van der Waals surface area contributed by atoms with Crippen LogP contribution in [-0.4, -0.2) is 56.1 Å². The van der Waals surface area contributed by atoms with Crippen molar-refractivity contribution in [2.75, 3.05) is 32.4 Å². The van der Waals surface area contributed by atoms with Gasteiger partial charge in [-0.2, -0.15) is 4.31 Å². The SMILES string of the molecule is CS(=O)(=O)N1CCCC1CN1CCCC1. The molecule has 2 aliphatic heterocycles. The van der Waals surface area contributed by atoms with E-state index in [1.54, 1.807) is 4.31 Å². The predicted octanol–water partition coefficient (Wildman–Crippen LogP) is 0.506. The molecule has 2 aliphatic rings. The number of nitrogens with zero attached hydrogens (tertiary/aromatic N) is 2. The van der Waals surface area contributed by atoms with Crippen molar-refractivity contribution in [2.24, 2.45) is 0 Å². The lowest BCUT2D eigenvalue weighted by molar-refractivity contribution is 0.258. The van der Waals surface area contributed by atoms with Gasteiger partial charge >= 0.3 is 0 Å². The first-order valence-electron chi connectivity index (χ1n) is 5.76. The minimum absolute atomic E-state index is 0.234. The number of hydrogen-bond acceptors (Lipinski definition) is 3. The second-order valence-electron chi connectivity index (χ2n) is 4.68. The zero-order valence-corrected chi connectivity index (χ0v) is 10.2. The van der Waals surface area contributed by atoms with Gasteiger partial charge in [0.25, 0.3) is 0 Å². The summed E-state index contributed by atoms with van der Waals surface area (Å²) in [5, 5.41) is 0. The van der Waals surface area contributed by atoms with Crippen LogP contribution in [0.4, 0.5) is 0 Å². The van der Waals surface area contributed by atoms with Crippen LogP contribution in [0, 0.1) is 0 Å². The molecule has 1 unspecified atom stereocenters. The Morgan fingerprint density at radius 1 is 1.13 bits per heavy atom. The highest BCUT2D eigenvalue weighted by Gasteiger charge is 2.32. The van der Waals surface area contributed by atoms with Crippen molar-refractivity contribution in [3.63, 3.8) is 0 Å². The molecule has 15 heavy (non-hydrogen) atoms. The maximum absolute atomic E-state index is 11.5. The molecule has 0 spiro atoms. The molecule has 0 aromatic carbocycles. The van der Waals surface area contributed by atoms with Crippen molar-refractivity contribution in [2.45, 2.75) is 31.7 Å². The highest BCUT2D eigenvalue weighted by atomic mass is 32.2. The Kier molecular flexibility index (Phi) is 3.33. The molecule has 0 bridgehead atoms. The summed E-state index contributed by atoms with van der Waals surface area (Å²) in [5.41, 5.74) is 0. The van der Waals surface area contributed by atoms with E-state index in [1.807, 2.05) is 0 Å². The van der Waals surface area contributed by atoms with Crippen LogP contribution in [0.15, 0.2) is 0 Å². The Labute approximate surface area is 92.3 Å². The van der Waals surface area contributed by atoms with Gasteiger partial charge in [-0.05, 0) is 38.8 Å². The fourth-order valence-corrected chi connectivity index (χ4v) is 3.87. The first-order valence-corrected chi connectivity index (χ1v) is 7.61. The Hall–Kier alpha value is -0.130. The van der Waals surface area contributed by atoms with Crippen LogP contribution in [0.3, 0.4) is 0 Å². The number of rotatable bonds is 3. The molecule has 2 rings (SSSR count). The van der Waals surface area contributed by atoms with Crippen LogP contribution in [0.5, 0.6) is 0 Å². The normalized spacial score (nSPS) is 30.1. The largest absolute Gasteiger partial charge is 0.302 e. The van der Waals surface area contributed by atoms with E-state index >= 15 is 0 Å². The van der Waals surface area contributed by atoms with Gasteiger partial charge in [0.15, 0.2) is 0 Å². The van der Waals surface area contributed by atoms with Crippen LogP contribution in [0.25, 0.3) is 0 Å².